The van der Waals surface area contributed by atoms with E-state index in [0.29, 0.717) is 13.1 Å². The van der Waals surface area contributed by atoms with Gasteiger partial charge in [-0.3, -0.25) is 4.79 Å². The molecule has 1 aliphatic carbocycles. The molecule has 1 aliphatic rings. The van der Waals surface area contributed by atoms with Crippen molar-refractivity contribution >= 4 is 17.6 Å². The summed E-state index contributed by atoms with van der Waals surface area (Å²) in [6.45, 7) is 3.04. The molecule has 0 spiro atoms. The Morgan fingerprint density at radius 2 is 1.44 bits per heavy atom. The van der Waals surface area contributed by atoms with Crippen molar-refractivity contribution in [3.8, 4) is 0 Å². The highest BCUT2D eigenvalue weighted by atomic mass is 16.2. The molecule has 130 valence electrons. The van der Waals surface area contributed by atoms with Crippen molar-refractivity contribution in [2.24, 2.45) is 5.92 Å². The van der Waals surface area contributed by atoms with Gasteiger partial charge >= 0.3 is 6.03 Å². The Labute approximate surface area is 147 Å². The van der Waals surface area contributed by atoms with E-state index < -0.39 is 0 Å². The molecule has 1 fully saturated rings. The summed E-state index contributed by atoms with van der Waals surface area (Å²) < 4.78 is 0. The molecule has 1 saturated carbocycles. The van der Waals surface area contributed by atoms with Crippen LogP contribution in [0.4, 0.5) is 10.5 Å². The Kier molecular flexibility index (Phi) is 5.33. The zero-order valence-electron chi connectivity index (χ0n) is 14.3. The smallest absolute Gasteiger partial charge is 0.319 e. The first-order chi connectivity index (χ1) is 12.1. The van der Waals surface area contributed by atoms with Crippen molar-refractivity contribution in [2.75, 3.05) is 5.32 Å². The van der Waals surface area contributed by atoms with Gasteiger partial charge < -0.3 is 16.0 Å². The van der Waals surface area contributed by atoms with Crippen molar-refractivity contribution in [3.63, 3.8) is 0 Å². The van der Waals surface area contributed by atoms with Crippen molar-refractivity contribution < 1.29 is 9.59 Å². The highest BCUT2D eigenvalue weighted by molar-refractivity contribution is 5.89. The summed E-state index contributed by atoms with van der Waals surface area (Å²) in [4.78, 5) is 23.6. The van der Waals surface area contributed by atoms with Gasteiger partial charge in [-0.2, -0.15) is 0 Å². The van der Waals surface area contributed by atoms with Crippen LogP contribution >= 0.6 is 0 Å². The number of urea groups is 1. The van der Waals surface area contributed by atoms with E-state index in [1.54, 1.807) is 0 Å². The average Bonchev–Trinajstić information content (AvgIpc) is 3.45. The number of hydrogen-bond donors (Lipinski definition) is 3. The summed E-state index contributed by atoms with van der Waals surface area (Å²) >= 11 is 0. The molecule has 0 unspecified atom stereocenters. The monoisotopic (exact) mass is 337 g/mol. The number of aryl methyl sites for hydroxylation is 1. The standard InChI is InChI=1S/C20H23N3O2/c1-14-2-4-15(5-3-14)13-22-20(25)23-18-10-6-16(7-11-18)12-21-19(24)17-8-9-17/h2-7,10-11,17H,8-9,12-13H2,1H3,(H,21,24)(H2,22,23,25). The molecule has 0 aromatic heterocycles. The zero-order chi connectivity index (χ0) is 17.6. The van der Waals surface area contributed by atoms with Crippen LogP contribution in [0.5, 0.6) is 0 Å². The molecule has 0 atom stereocenters. The lowest BCUT2D eigenvalue weighted by molar-refractivity contribution is -0.122. The second-order valence-electron chi connectivity index (χ2n) is 6.48. The first kappa shape index (κ1) is 17.0. The Morgan fingerprint density at radius 3 is 2.04 bits per heavy atom. The number of rotatable bonds is 6. The number of carbonyl (C=O) groups is 2. The molecule has 0 bridgehead atoms. The molecule has 5 nitrogen and oxygen atoms in total. The molecule has 3 amide bonds. The van der Waals surface area contributed by atoms with Gasteiger partial charge in [0.15, 0.2) is 0 Å². The largest absolute Gasteiger partial charge is 0.352 e. The van der Waals surface area contributed by atoms with Gasteiger partial charge in [0.1, 0.15) is 0 Å². The van der Waals surface area contributed by atoms with E-state index in [1.165, 1.54) is 5.56 Å². The molecule has 2 aromatic carbocycles. The van der Waals surface area contributed by atoms with Gasteiger partial charge in [0.25, 0.3) is 0 Å². The van der Waals surface area contributed by atoms with Gasteiger partial charge in [-0.25, -0.2) is 4.79 Å². The summed E-state index contributed by atoms with van der Waals surface area (Å²) in [5.41, 5.74) is 3.99. The van der Waals surface area contributed by atoms with E-state index >= 15 is 0 Å². The van der Waals surface area contributed by atoms with E-state index in [-0.39, 0.29) is 17.9 Å². The Bertz CT molecular complexity index is 735. The van der Waals surface area contributed by atoms with Crippen LogP contribution in [0.1, 0.15) is 29.5 Å². The van der Waals surface area contributed by atoms with Crippen LogP contribution in [0.15, 0.2) is 48.5 Å². The fourth-order valence-corrected chi connectivity index (χ4v) is 2.45. The number of nitrogens with one attached hydrogen (secondary N) is 3. The summed E-state index contributed by atoms with van der Waals surface area (Å²) in [6, 6.07) is 15.3. The predicted molar refractivity (Wildman–Crippen MR) is 98.1 cm³/mol. The van der Waals surface area contributed by atoms with Crippen LogP contribution in [0.25, 0.3) is 0 Å². The molecule has 25 heavy (non-hydrogen) atoms. The average molecular weight is 337 g/mol. The summed E-state index contributed by atoms with van der Waals surface area (Å²) in [7, 11) is 0. The van der Waals surface area contributed by atoms with E-state index in [1.807, 2.05) is 55.5 Å². The molecule has 0 radical (unpaired) electrons. The van der Waals surface area contributed by atoms with Gasteiger partial charge in [0, 0.05) is 24.7 Å². The minimum atomic E-state index is -0.240. The highest BCUT2D eigenvalue weighted by Gasteiger charge is 2.29. The molecule has 3 rings (SSSR count). The maximum Gasteiger partial charge on any atom is 0.319 e. The Balaban J connectivity index is 1.43. The third kappa shape index (κ3) is 5.35. The molecule has 0 saturated heterocycles. The van der Waals surface area contributed by atoms with Gasteiger partial charge in [0.05, 0.1) is 0 Å². The van der Waals surface area contributed by atoms with Gasteiger partial charge in [-0.15, -0.1) is 0 Å². The van der Waals surface area contributed by atoms with Crippen molar-refractivity contribution in [2.45, 2.75) is 32.9 Å². The van der Waals surface area contributed by atoms with Crippen LogP contribution in [0, 0.1) is 12.8 Å². The normalized spacial score (nSPS) is 13.2. The number of amides is 3. The van der Waals surface area contributed by atoms with Crippen molar-refractivity contribution in [1.82, 2.24) is 10.6 Å². The minimum Gasteiger partial charge on any atom is -0.352 e. The summed E-state index contributed by atoms with van der Waals surface area (Å²) in [5.74, 6) is 0.357. The predicted octanol–water partition coefficient (Wildman–Crippen LogP) is 3.34. The molecular formula is C20H23N3O2. The van der Waals surface area contributed by atoms with E-state index in [4.69, 9.17) is 0 Å². The summed E-state index contributed by atoms with van der Waals surface area (Å²) in [6.07, 6.45) is 2.01. The van der Waals surface area contributed by atoms with Crippen molar-refractivity contribution in [1.29, 1.82) is 0 Å². The number of hydrogen-bond acceptors (Lipinski definition) is 2. The SMILES string of the molecule is Cc1ccc(CNC(=O)Nc2ccc(CNC(=O)C3CC3)cc2)cc1. The molecule has 3 N–H and O–H groups in total. The molecule has 0 aliphatic heterocycles. The quantitative estimate of drug-likeness (QED) is 0.756. The van der Waals surface area contributed by atoms with Crippen LogP contribution in [-0.4, -0.2) is 11.9 Å². The number of carbonyl (C=O) groups excluding carboxylic acids is 2. The first-order valence-electron chi connectivity index (χ1n) is 8.57. The lowest BCUT2D eigenvalue weighted by atomic mass is 10.1. The van der Waals surface area contributed by atoms with E-state index in [9.17, 15) is 9.59 Å². The van der Waals surface area contributed by atoms with E-state index in [0.717, 1.165) is 29.7 Å². The minimum absolute atomic E-state index is 0.137. The van der Waals surface area contributed by atoms with Crippen LogP contribution in [0.2, 0.25) is 0 Å². The Morgan fingerprint density at radius 1 is 0.880 bits per heavy atom. The maximum atomic E-state index is 12.0. The fraction of sp³-hybridized carbons (Fsp3) is 0.300. The van der Waals surface area contributed by atoms with Crippen LogP contribution in [0.3, 0.4) is 0 Å². The van der Waals surface area contributed by atoms with Crippen LogP contribution < -0.4 is 16.0 Å². The van der Waals surface area contributed by atoms with E-state index in [2.05, 4.69) is 16.0 Å². The third-order valence-corrected chi connectivity index (χ3v) is 4.20. The van der Waals surface area contributed by atoms with Gasteiger partial charge in [-0.05, 0) is 43.0 Å². The fourth-order valence-electron chi connectivity index (χ4n) is 2.45. The van der Waals surface area contributed by atoms with Gasteiger partial charge in [-0.1, -0.05) is 42.0 Å². The second kappa shape index (κ2) is 7.83. The molecule has 5 heteroatoms. The maximum absolute atomic E-state index is 12.0. The van der Waals surface area contributed by atoms with Gasteiger partial charge in [0.2, 0.25) is 5.91 Å². The second-order valence-corrected chi connectivity index (χ2v) is 6.48. The lowest BCUT2D eigenvalue weighted by Gasteiger charge is -2.09. The van der Waals surface area contributed by atoms with Crippen LogP contribution in [-0.2, 0) is 17.9 Å². The molecule has 0 heterocycles. The zero-order valence-corrected chi connectivity index (χ0v) is 14.3. The highest BCUT2D eigenvalue weighted by Crippen LogP contribution is 2.28. The topological polar surface area (TPSA) is 70.2 Å². The van der Waals surface area contributed by atoms with Crippen molar-refractivity contribution in [3.05, 3.63) is 65.2 Å². The third-order valence-electron chi connectivity index (χ3n) is 4.20. The number of anilines is 1. The summed E-state index contributed by atoms with van der Waals surface area (Å²) in [5, 5.41) is 8.57. The Hall–Kier alpha value is -2.82. The first-order valence-corrected chi connectivity index (χ1v) is 8.57. The lowest BCUT2D eigenvalue weighted by Crippen LogP contribution is -2.28. The molecule has 2 aromatic rings. The molecular weight excluding hydrogens is 314 g/mol. The number of benzene rings is 2.